The average molecular weight is 247 g/mol. The fourth-order valence-electron chi connectivity index (χ4n) is 1.36. The molecule has 1 aliphatic rings. The molecule has 4 nitrogen and oxygen atoms in total. The maximum atomic E-state index is 11.7. The molecule has 0 spiro atoms. The van der Waals surface area contributed by atoms with E-state index in [1.165, 1.54) is 0 Å². The van der Waals surface area contributed by atoms with Crippen LogP contribution < -0.4 is 5.32 Å². The molecule has 0 aliphatic carbocycles. The van der Waals surface area contributed by atoms with Gasteiger partial charge < -0.3 is 14.8 Å². The van der Waals surface area contributed by atoms with Crippen LogP contribution in [0.15, 0.2) is 0 Å². The molecule has 5 heteroatoms. The van der Waals surface area contributed by atoms with Crippen molar-refractivity contribution in [3.05, 3.63) is 0 Å². The molecule has 0 radical (unpaired) electrons. The molecular formula is C11H21NO3S. The number of thioether (sulfide) groups is 1. The largest absolute Gasteiger partial charge is 0.465 e. The molecule has 1 fully saturated rings. The number of ether oxygens (including phenoxy) is 2. The Morgan fingerprint density at radius 2 is 2.31 bits per heavy atom. The lowest BCUT2D eigenvalue weighted by atomic mass is 10.00. The summed E-state index contributed by atoms with van der Waals surface area (Å²) >= 11 is 1.87. The van der Waals surface area contributed by atoms with Gasteiger partial charge in [0.25, 0.3) is 0 Å². The Balaban J connectivity index is 2.29. The van der Waals surface area contributed by atoms with Crippen LogP contribution in [-0.2, 0) is 14.3 Å². The van der Waals surface area contributed by atoms with E-state index in [9.17, 15) is 4.79 Å². The first-order valence-electron chi connectivity index (χ1n) is 5.68. The van der Waals surface area contributed by atoms with Crippen LogP contribution in [0.2, 0.25) is 0 Å². The Morgan fingerprint density at radius 1 is 1.62 bits per heavy atom. The first-order valence-corrected chi connectivity index (χ1v) is 6.72. The van der Waals surface area contributed by atoms with Gasteiger partial charge in [0, 0.05) is 0 Å². The summed E-state index contributed by atoms with van der Waals surface area (Å²) in [5.41, 5.74) is -0.562. The molecule has 1 N–H and O–H groups in total. The molecule has 94 valence electrons. The highest BCUT2D eigenvalue weighted by molar-refractivity contribution is 8.00. The van der Waals surface area contributed by atoms with Gasteiger partial charge in [-0.2, -0.15) is 11.8 Å². The highest BCUT2D eigenvalue weighted by Crippen LogP contribution is 2.23. The summed E-state index contributed by atoms with van der Waals surface area (Å²) in [4.78, 5) is 11.7. The van der Waals surface area contributed by atoms with Crippen molar-refractivity contribution >= 4 is 17.7 Å². The third kappa shape index (κ3) is 3.64. The first-order chi connectivity index (χ1) is 7.62. The number of esters is 1. The topological polar surface area (TPSA) is 47.6 Å². The van der Waals surface area contributed by atoms with Crippen LogP contribution >= 0.6 is 11.8 Å². The maximum absolute atomic E-state index is 11.7. The monoisotopic (exact) mass is 247 g/mol. The van der Waals surface area contributed by atoms with Gasteiger partial charge in [-0.05, 0) is 33.1 Å². The van der Waals surface area contributed by atoms with Gasteiger partial charge in [0.05, 0.1) is 25.1 Å². The molecule has 0 aromatic rings. The smallest absolute Gasteiger partial charge is 0.326 e. The van der Waals surface area contributed by atoms with Gasteiger partial charge in [-0.25, -0.2) is 0 Å². The Hall–Kier alpha value is -0.260. The van der Waals surface area contributed by atoms with E-state index in [1.807, 2.05) is 25.6 Å². The summed E-state index contributed by atoms with van der Waals surface area (Å²) in [7, 11) is 1.80. The highest BCUT2D eigenvalue weighted by atomic mass is 32.2. The van der Waals surface area contributed by atoms with Crippen LogP contribution in [0.3, 0.4) is 0 Å². The number of carbonyl (C=O) groups excluding carboxylic acids is 1. The van der Waals surface area contributed by atoms with Gasteiger partial charge >= 0.3 is 5.97 Å². The van der Waals surface area contributed by atoms with E-state index < -0.39 is 5.54 Å². The van der Waals surface area contributed by atoms with E-state index in [0.29, 0.717) is 11.9 Å². The molecular weight excluding hydrogens is 226 g/mol. The molecule has 0 aromatic carbocycles. The highest BCUT2D eigenvalue weighted by Gasteiger charge is 2.33. The molecule has 0 amide bonds. The molecule has 16 heavy (non-hydrogen) atoms. The quantitative estimate of drug-likeness (QED) is 0.681. The minimum Gasteiger partial charge on any atom is -0.465 e. The zero-order valence-corrected chi connectivity index (χ0v) is 11.1. The van der Waals surface area contributed by atoms with Crippen LogP contribution in [-0.4, -0.2) is 49.4 Å². The van der Waals surface area contributed by atoms with E-state index in [0.717, 1.165) is 25.4 Å². The van der Waals surface area contributed by atoms with E-state index in [4.69, 9.17) is 9.47 Å². The van der Waals surface area contributed by atoms with Crippen LogP contribution in [0.5, 0.6) is 0 Å². The number of nitrogens with one attached hydrogen (secondary N) is 1. The van der Waals surface area contributed by atoms with Gasteiger partial charge in [-0.1, -0.05) is 0 Å². The summed E-state index contributed by atoms with van der Waals surface area (Å²) in [6.07, 6.45) is 0.781. The second-order valence-electron chi connectivity index (χ2n) is 4.08. The predicted octanol–water partition coefficient (Wildman–Crippen LogP) is 1.05. The summed E-state index contributed by atoms with van der Waals surface area (Å²) in [5.74, 6) is 0.785. The van der Waals surface area contributed by atoms with Crippen LogP contribution in [0.25, 0.3) is 0 Å². The summed E-state index contributed by atoms with van der Waals surface area (Å²) in [6, 6.07) is 0. The zero-order chi connectivity index (χ0) is 12.0. The predicted molar refractivity (Wildman–Crippen MR) is 65.8 cm³/mol. The number of carbonyl (C=O) groups is 1. The Bertz CT molecular complexity index is 233. The van der Waals surface area contributed by atoms with Crippen molar-refractivity contribution in [2.75, 3.05) is 32.6 Å². The first kappa shape index (κ1) is 13.8. The third-order valence-corrected chi connectivity index (χ3v) is 4.02. The molecule has 0 bridgehead atoms. The minimum absolute atomic E-state index is 0.164. The number of hydrogen-bond donors (Lipinski definition) is 1. The Kier molecular flexibility index (Phi) is 5.58. The second kappa shape index (κ2) is 6.47. The second-order valence-corrected chi connectivity index (χ2v) is 5.49. The Labute approximate surface area is 101 Å². The third-order valence-electron chi connectivity index (χ3n) is 2.84. The molecule has 0 saturated carbocycles. The SMILES string of the molecule is CCOC(=O)C(C)(CCSC1COC1)NC. The average Bonchev–Trinajstić information content (AvgIpc) is 2.21. The van der Waals surface area contributed by atoms with Crippen molar-refractivity contribution in [2.45, 2.75) is 31.1 Å². The lowest BCUT2D eigenvalue weighted by Crippen LogP contribution is -2.49. The lowest BCUT2D eigenvalue weighted by Gasteiger charge is -2.29. The maximum Gasteiger partial charge on any atom is 0.326 e. The summed E-state index contributed by atoms with van der Waals surface area (Å²) in [6.45, 7) is 5.84. The van der Waals surface area contributed by atoms with Crippen LogP contribution in [0, 0.1) is 0 Å². The van der Waals surface area contributed by atoms with Crippen LogP contribution in [0.1, 0.15) is 20.3 Å². The molecule has 1 rings (SSSR count). The molecule has 1 saturated heterocycles. The number of rotatable bonds is 7. The molecule has 0 aromatic heterocycles. The van der Waals surface area contributed by atoms with Gasteiger partial charge in [0.2, 0.25) is 0 Å². The number of hydrogen-bond acceptors (Lipinski definition) is 5. The van der Waals surface area contributed by atoms with E-state index in [2.05, 4.69) is 5.32 Å². The van der Waals surface area contributed by atoms with Crippen molar-refractivity contribution < 1.29 is 14.3 Å². The van der Waals surface area contributed by atoms with Gasteiger partial charge in [0.1, 0.15) is 5.54 Å². The normalized spacial score (nSPS) is 19.9. The van der Waals surface area contributed by atoms with Gasteiger partial charge in [-0.3, -0.25) is 4.79 Å². The van der Waals surface area contributed by atoms with Crippen molar-refractivity contribution in [3.8, 4) is 0 Å². The summed E-state index contributed by atoms with van der Waals surface area (Å²) < 4.78 is 10.2. The van der Waals surface area contributed by atoms with Crippen molar-refractivity contribution in [3.63, 3.8) is 0 Å². The molecule has 1 unspecified atom stereocenters. The van der Waals surface area contributed by atoms with Gasteiger partial charge in [0.15, 0.2) is 0 Å². The van der Waals surface area contributed by atoms with Crippen molar-refractivity contribution in [1.82, 2.24) is 5.32 Å². The zero-order valence-electron chi connectivity index (χ0n) is 10.2. The Morgan fingerprint density at radius 3 is 2.75 bits per heavy atom. The van der Waals surface area contributed by atoms with Crippen molar-refractivity contribution in [1.29, 1.82) is 0 Å². The van der Waals surface area contributed by atoms with E-state index in [1.54, 1.807) is 7.05 Å². The lowest BCUT2D eigenvalue weighted by molar-refractivity contribution is -0.150. The summed E-state index contributed by atoms with van der Waals surface area (Å²) in [5, 5.41) is 3.67. The van der Waals surface area contributed by atoms with E-state index >= 15 is 0 Å². The molecule has 1 atom stereocenters. The van der Waals surface area contributed by atoms with E-state index in [-0.39, 0.29) is 5.97 Å². The molecule has 1 aliphatic heterocycles. The number of likely N-dealkylation sites (N-methyl/N-ethyl adjacent to an activating group) is 1. The molecule has 1 heterocycles. The van der Waals surface area contributed by atoms with Crippen molar-refractivity contribution in [2.24, 2.45) is 0 Å². The standard InChI is InChI=1S/C11H21NO3S/c1-4-15-10(13)11(2,12-3)5-6-16-9-7-14-8-9/h9,12H,4-8H2,1-3H3. The van der Waals surface area contributed by atoms with Crippen LogP contribution in [0.4, 0.5) is 0 Å². The minimum atomic E-state index is -0.562. The fourth-order valence-corrected chi connectivity index (χ4v) is 2.60. The fraction of sp³-hybridized carbons (Fsp3) is 0.909. The van der Waals surface area contributed by atoms with Gasteiger partial charge in [-0.15, -0.1) is 0 Å².